The van der Waals surface area contributed by atoms with E-state index in [1.165, 1.54) is 23.8 Å². The summed E-state index contributed by atoms with van der Waals surface area (Å²) in [5.74, 6) is 1.54. The summed E-state index contributed by atoms with van der Waals surface area (Å²) in [6.45, 7) is 2.30. The Kier molecular flexibility index (Phi) is 2.50. The summed E-state index contributed by atoms with van der Waals surface area (Å²) in [6, 6.07) is 3.49. The maximum Gasteiger partial charge on any atom is 0.272 e. The molecule has 2 heterocycles. The van der Waals surface area contributed by atoms with E-state index >= 15 is 0 Å². The van der Waals surface area contributed by atoms with Crippen molar-refractivity contribution in [2.24, 2.45) is 11.8 Å². The van der Waals surface area contributed by atoms with Crippen LogP contribution in [0.3, 0.4) is 0 Å². The summed E-state index contributed by atoms with van der Waals surface area (Å²) in [5, 5.41) is 2.86. The van der Waals surface area contributed by atoms with Gasteiger partial charge in [0.05, 0.1) is 0 Å². The molecule has 90 valence electrons. The van der Waals surface area contributed by atoms with Crippen LogP contribution in [0, 0.1) is 11.8 Å². The zero-order valence-corrected chi connectivity index (χ0v) is 10.0. The lowest BCUT2D eigenvalue weighted by Gasteiger charge is -2.08. The molecule has 1 N–H and O–H groups in total. The van der Waals surface area contributed by atoms with Gasteiger partial charge >= 0.3 is 0 Å². The van der Waals surface area contributed by atoms with Gasteiger partial charge in [-0.15, -0.1) is 0 Å². The van der Waals surface area contributed by atoms with E-state index < -0.39 is 0 Å². The molecule has 0 aliphatic heterocycles. The molecule has 0 aromatic carbocycles. The van der Waals surface area contributed by atoms with Crippen LogP contribution in [-0.2, 0) is 6.42 Å². The molecule has 1 aliphatic carbocycles. The molecule has 0 saturated heterocycles. The molecule has 1 saturated carbocycles. The number of fused-ring (bicyclic) bond motifs is 1. The van der Waals surface area contributed by atoms with Crippen LogP contribution in [0.1, 0.15) is 31.9 Å². The van der Waals surface area contributed by atoms with E-state index in [-0.39, 0.29) is 5.56 Å². The lowest BCUT2D eigenvalue weighted by Crippen LogP contribution is -2.16. The van der Waals surface area contributed by atoms with Crippen molar-refractivity contribution in [1.82, 2.24) is 14.6 Å². The Hall–Kier alpha value is -1.58. The Morgan fingerprint density at radius 1 is 1.53 bits per heavy atom. The lowest BCUT2D eigenvalue weighted by molar-refractivity contribution is 0.507. The smallest absolute Gasteiger partial charge is 0.272 e. The highest BCUT2D eigenvalue weighted by Gasteiger charge is 2.22. The zero-order chi connectivity index (χ0) is 11.8. The third kappa shape index (κ3) is 1.99. The van der Waals surface area contributed by atoms with Crippen molar-refractivity contribution in [1.29, 1.82) is 0 Å². The molecule has 0 bridgehead atoms. The Morgan fingerprint density at radius 3 is 3.18 bits per heavy atom. The molecule has 2 aromatic heterocycles. The highest BCUT2D eigenvalue weighted by atomic mass is 16.1. The van der Waals surface area contributed by atoms with Crippen molar-refractivity contribution in [2.45, 2.75) is 32.6 Å². The van der Waals surface area contributed by atoms with Gasteiger partial charge in [-0.2, -0.15) is 0 Å². The van der Waals surface area contributed by atoms with Crippen LogP contribution in [0.5, 0.6) is 0 Å². The van der Waals surface area contributed by atoms with Gasteiger partial charge in [0.2, 0.25) is 0 Å². The Morgan fingerprint density at radius 2 is 2.41 bits per heavy atom. The Balaban J connectivity index is 1.88. The van der Waals surface area contributed by atoms with Crippen LogP contribution in [0.15, 0.2) is 23.1 Å². The van der Waals surface area contributed by atoms with Crippen LogP contribution < -0.4 is 5.56 Å². The Bertz CT molecular complexity index is 584. The van der Waals surface area contributed by atoms with Crippen LogP contribution in [-0.4, -0.2) is 14.6 Å². The lowest BCUT2D eigenvalue weighted by atomic mass is 10.0. The molecule has 1 aliphatic rings. The third-order valence-corrected chi connectivity index (χ3v) is 3.73. The van der Waals surface area contributed by atoms with Gasteiger partial charge in [0.1, 0.15) is 0 Å². The van der Waals surface area contributed by atoms with E-state index in [4.69, 9.17) is 0 Å². The van der Waals surface area contributed by atoms with Crippen LogP contribution in [0.2, 0.25) is 0 Å². The maximum atomic E-state index is 11.8. The van der Waals surface area contributed by atoms with Crippen molar-refractivity contribution in [3.05, 3.63) is 34.4 Å². The van der Waals surface area contributed by atoms with Crippen LogP contribution in [0.25, 0.3) is 5.65 Å². The summed E-state index contributed by atoms with van der Waals surface area (Å²) < 4.78 is 1.47. The first-order valence-corrected chi connectivity index (χ1v) is 6.28. The number of hydrogen-bond acceptors (Lipinski definition) is 2. The van der Waals surface area contributed by atoms with E-state index in [9.17, 15) is 4.79 Å². The quantitative estimate of drug-likeness (QED) is 0.859. The van der Waals surface area contributed by atoms with Crippen LogP contribution >= 0.6 is 0 Å². The molecular formula is C13H17N3O. The molecule has 3 rings (SSSR count). The van der Waals surface area contributed by atoms with Crippen LogP contribution in [0.4, 0.5) is 0 Å². The van der Waals surface area contributed by atoms with Crippen molar-refractivity contribution in [2.75, 3.05) is 0 Å². The topological polar surface area (TPSA) is 50.2 Å². The van der Waals surface area contributed by atoms with Gasteiger partial charge in [0.25, 0.3) is 5.56 Å². The average Bonchev–Trinajstić information content (AvgIpc) is 2.87. The number of nitrogens with one attached hydrogen (secondary N) is 1. The van der Waals surface area contributed by atoms with Gasteiger partial charge in [-0.25, -0.2) is 9.50 Å². The van der Waals surface area contributed by atoms with Crippen molar-refractivity contribution in [3.63, 3.8) is 0 Å². The summed E-state index contributed by atoms with van der Waals surface area (Å²) in [6.07, 6.45) is 6.55. The number of hydrogen-bond donors (Lipinski definition) is 1. The minimum atomic E-state index is -0.0129. The molecule has 0 radical (unpaired) electrons. The van der Waals surface area contributed by atoms with Gasteiger partial charge in [-0.3, -0.25) is 9.89 Å². The standard InChI is InChI=1S/C13H17N3O/c1-9-2-3-10(6-9)7-11-8-13(17)16-12(15-11)4-5-14-16/h4-5,8-10,14H,2-3,6-7H2,1H3. The first-order chi connectivity index (χ1) is 8.22. The van der Waals surface area contributed by atoms with Gasteiger partial charge in [-0.05, 0) is 31.1 Å². The molecule has 2 aromatic rings. The zero-order valence-electron chi connectivity index (χ0n) is 10.0. The fourth-order valence-corrected chi connectivity index (χ4v) is 2.89. The molecule has 0 spiro atoms. The first kappa shape index (κ1) is 10.6. The fraction of sp³-hybridized carbons (Fsp3) is 0.538. The molecule has 1 fully saturated rings. The number of rotatable bonds is 2. The largest absolute Gasteiger partial charge is 0.297 e. The van der Waals surface area contributed by atoms with E-state index in [0.29, 0.717) is 5.92 Å². The van der Waals surface area contributed by atoms with Gasteiger partial charge in [0, 0.05) is 24.0 Å². The number of H-pyrrole nitrogens is 1. The van der Waals surface area contributed by atoms with Crippen molar-refractivity contribution < 1.29 is 0 Å². The summed E-state index contributed by atoms with van der Waals surface area (Å²) >= 11 is 0. The fourth-order valence-electron chi connectivity index (χ4n) is 2.89. The van der Waals surface area contributed by atoms with E-state index in [0.717, 1.165) is 23.7 Å². The summed E-state index contributed by atoms with van der Waals surface area (Å²) in [4.78, 5) is 16.3. The molecule has 0 amide bonds. The van der Waals surface area contributed by atoms with E-state index in [1.807, 2.05) is 6.07 Å². The molecule has 2 atom stereocenters. The van der Waals surface area contributed by atoms with Crippen molar-refractivity contribution in [3.8, 4) is 0 Å². The normalized spacial score (nSPS) is 24.5. The molecule has 4 heteroatoms. The average molecular weight is 231 g/mol. The minimum absolute atomic E-state index is 0.0129. The molecular weight excluding hydrogens is 214 g/mol. The monoisotopic (exact) mass is 231 g/mol. The highest BCUT2D eigenvalue weighted by molar-refractivity contribution is 5.36. The molecule has 17 heavy (non-hydrogen) atoms. The highest BCUT2D eigenvalue weighted by Crippen LogP contribution is 2.32. The second kappa shape index (κ2) is 4.02. The third-order valence-electron chi connectivity index (χ3n) is 3.73. The molecule has 4 nitrogen and oxygen atoms in total. The van der Waals surface area contributed by atoms with Gasteiger partial charge in [0.15, 0.2) is 5.65 Å². The number of aromatic nitrogens is 3. The first-order valence-electron chi connectivity index (χ1n) is 6.28. The predicted molar refractivity (Wildman–Crippen MR) is 66.0 cm³/mol. The SMILES string of the molecule is CC1CCC(Cc2cc(=O)n3[nH]ccc3n2)C1. The summed E-state index contributed by atoms with van der Waals surface area (Å²) in [7, 11) is 0. The van der Waals surface area contributed by atoms with Gasteiger partial charge in [-0.1, -0.05) is 13.3 Å². The van der Waals surface area contributed by atoms with E-state index in [1.54, 1.807) is 12.3 Å². The van der Waals surface area contributed by atoms with Gasteiger partial charge < -0.3 is 0 Å². The number of nitrogens with zero attached hydrogens (tertiary/aromatic N) is 2. The molecule has 2 unspecified atom stereocenters. The second-order valence-electron chi connectivity index (χ2n) is 5.23. The maximum absolute atomic E-state index is 11.8. The van der Waals surface area contributed by atoms with Crippen molar-refractivity contribution >= 4 is 5.65 Å². The Labute approximate surface area is 99.7 Å². The van der Waals surface area contributed by atoms with E-state index in [2.05, 4.69) is 17.0 Å². The second-order valence-corrected chi connectivity index (χ2v) is 5.23. The summed E-state index contributed by atoms with van der Waals surface area (Å²) in [5.41, 5.74) is 1.65. The predicted octanol–water partition coefficient (Wildman–Crippen LogP) is 2.00. The minimum Gasteiger partial charge on any atom is -0.297 e. The number of aromatic amines is 1.